The van der Waals surface area contributed by atoms with Crippen LogP contribution in [0.15, 0.2) is 54.7 Å². The zero-order valence-corrected chi connectivity index (χ0v) is 16.0. The number of rotatable bonds is 8. The van der Waals surface area contributed by atoms with Crippen molar-refractivity contribution < 1.29 is 27.0 Å². The lowest BCUT2D eigenvalue weighted by molar-refractivity contribution is -0.253. The number of hydrogen-bond acceptors (Lipinski definition) is 4. The average Bonchev–Trinajstić information content (AvgIpc) is 3.12. The summed E-state index contributed by atoms with van der Waals surface area (Å²) in [5, 5.41) is 0.304. The third-order valence-corrected chi connectivity index (χ3v) is 4.62. The van der Waals surface area contributed by atoms with Crippen molar-refractivity contribution in [2.75, 3.05) is 11.4 Å². The smallest absolute Gasteiger partial charge is 0.456 e. The fraction of sp³-hybridized carbons (Fsp3) is 0.300. The molecule has 0 spiro atoms. The Labute approximate surface area is 170 Å². The van der Waals surface area contributed by atoms with Crippen LogP contribution in [0.2, 0.25) is 5.02 Å². The highest BCUT2D eigenvalue weighted by Gasteiger charge is 2.44. The van der Waals surface area contributed by atoms with Crippen molar-refractivity contribution in [3.8, 4) is 17.2 Å². The Morgan fingerprint density at radius 1 is 1.17 bits per heavy atom. The van der Waals surface area contributed by atoms with E-state index in [0.29, 0.717) is 11.6 Å². The fourth-order valence-electron chi connectivity index (χ4n) is 2.98. The summed E-state index contributed by atoms with van der Waals surface area (Å²) in [6.07, 6.45) is -2.80. The molecule has 29 heavy (non-hydrogen) atoms. The van der Waals surface area contributed by atoms with Crippen LogP contribution in [0.4, 0.5) is 23.2 Å². The van der Waals surface area contributed by atoms with Gasteiger partial charge in [-0.3, -0.25) is 0 Å². The highest BCUT2D eigenvalue weighted by atomic mass is 35.5. The van der Waals surface area contributed by atoms with E-state index in [0.717, 1.165) is 30.7 Å². The monoisotopic (exact) mass is 430 g/mol. The molecule has 0 aliphatic carbocycles. The van der Waals surface area contributed by atoms with Crippen LogP contribution in [0, 0.1) is 0 Å². The maximum absolute atomic E-state index is 13.1. The van der Waals surface area contributed by atoms with Crippen molar-refractivity contribution in [2.24, 2.45) is 5.73 Å². The summed E-state index contributed by atoms with van der Waals surface area (Å²) in [4.78, 5) is 2.07. The minimum absolute atomic E-state index is 0.115. The van der Waals surface area contributed by atoms with Crippen LogP contribution in [0.25, 0.3) is 0 Å². The minimum Gasteiger partial charge on any atom is -0.456 e. The molecule has 3 rings (SSSR count). The predicted molar refractivity (Wildman–Crippen MR) is 103 cm³/mol. The Bertz CT molecular complexity index is 879. The van der Waals surface area contributed by atoms with Gasteiger partial charge in [-0.15, -0.1) is 0 Å². The predicted octanol–water partition coefficient (Wildman–Crippen LogP) is 5.81. The number of anilines is 1. The summed E-state index contributed by atoms with van der Waals surface area (Å²) >= 11 is 6.32. The molecule has 9 heteroatoms. The van der Waals surface area contributed by atoms with Crippen LogP contribution in [0.1, 0.15) is 12.8 Å². The second kappa shape index (κ2) is 8.92. The molecule has 0 radical (unpaired) electrons. The molecule has 1 heterocycles. The largest absolute Gasteiger partial charge is 0.461 e. The van der Waals surface area contributed by atoms with E-state index in [1.54, 1.807) is 12.1 Å². The molecule has 1 atom stereocenters. The van der Waals surface area contributed by atoms with Gasteiger partial charge in [-0.05, 0) is 49.7 Å². The van der Waals surface area contributed by atoms with Crippen LogP contribution in [0.5, 0.6) is 17.2 Å². The molecule has 4 nitrogen and oxygen atoms in total. The summed E-state index contributed by atoms with van der Waals surface area (Å²) < 4.78 is 60.5. The van der Waals surface area contributed by atoms with Crippen LogP contribution < -0.4 is 20.1 Å². The number of nitrogens with zero attached hydrogens (tertiary/aromatic N) is 1. The summed E-state index contributed by atoms with van der Waals surface area (Å²) in [7, 11) is 0. The molecule has 0 saturated heterocycles. The second-order valence-corrected chi connectivity index (χ2v) is 6.82. The first-order valence-corrected chi connectivity index (χ1v) is 9.25. The Morgan fingerprint density at radius 3 is 2.62 bits per heavy atom. The quantitative estimate of drug-likeness (QED) is 0.537. The van der Waals surface area contributed by atoms with Crippen molar-refractivity contribution in [2.45, 2.75) is 31.4 Å². The van der Waals surface area contributed by atoms with E-state index in [1.165, 1.54) is 12.1 Å². The topological polar surface area (TPSA) is 47.7 Å². The molecule has 2 aromatic rings. The standard InChI is InChI=1S/C20H19ClF4N2O2/c21-17-11-14(27-10-2-3-13(27)8-9-26)6-7-18(17)28-15-4-1-5-16(12-15)29-20(24,25)19(22)23/h1-2,4-7,10-13,19H,3,8-9,26H2. The lowest BCUT2D eigenvalue weighted by Gasteiger charge is -2.26. The number of benzene rings is 2. The van der Waals surface area contributed by atoms with Gasteiger partial charge in [0.25, 0.3) is 0 Å². The number of ether oxygens (including phenoxy) is 2. The van der Waals surface area contributed by atoms with Crippen molar-refractivity contribution in [1.29, 1.82) is 0 Å². The van der Waals surface area contributed by atoms with E-state index in [1.807, 2.05) is 12.3 Å². The Morgan fingerprint density at radius 2 is 1.93 bits per heavy atom. The Kier molecular flexibility index (Phi) is 6.54. The van der Waals surface area contributed by atoms with E-state index < -0.39 is 18.3 Å². The molecule has 0 amide bonds. The molecule has 0 fully saturated rings. The van der Waals surface area contributed by atoms with Crippen molar-refractivity contribution in [3.63, 3.8) is 0 Å². The SMILES string of the molecule is NCCC1CC=CN1c1ccc(Oc2cccc(OC(F)(F)C(F)F)c2)c(Cl)c1. The third kappa shape index (κ3) is 5.13. The molecule has 2 N–H and O–H groups in total. The van der Waals surface area contributed by atoms with Crippen LogP contribution in [-0.2, 0) is 0 Å². The van der Waals surface area contributed by atoms with Crippen molar-refractivity contribution >= 4 is 17.3 Å². The fourth-order valence-corrected chi connectivity index (χ4v) is 3.19. The summed E-state index contributed by atoms with van der Waals surface area (Å²) in [6, 6.07) is 10.5. The number of nitrogens with two attached hydrogens (primary N) is 1. The van der Waals surface area contributed by atoms with Crippen LogP contribution in [-0.4, -0.2) is 25.1 Å². The Balaban J connectivity index is 1.74. The maximum Gasteiger partial charge on any atom is 0.461 e. The van der Waals surface area contributed by atoms with Gasteiger partial charge >= 0.3 is 12.5 Å². The minimum atomic E-state index is -4.60. The maximum atomic E-state index is 13.1. The summed E-state index contributed by atoms with van der Waals surface area (Å²) in [5.41, 5.74) is 6.52. The average molecular weight is 431 g/mol. The molecular weight excluding hydrogens is 412 g/mol. The number of halogens is 5. The Hall–Kier alpha value is -2.45. The zero-order valence-electron chi connectivity index (χ0n) is 15.2. The highest BCUT2D eigenvalue weighted by molar-refractivity contribution is 6.32. The van der Waals surface area contributed by atoms with Gasteiger partial charge in [-0.25, -0.2) is 0 Å². The highest BCUT2D eigenvalue weighted by Crippen LogP contribution is 2.36. The zero-order chi connectivity index (χ0) is 21.0. The molecular formula is C20H19ClF4N2O2. The van der Waals surface area contributed by atoms with Crippen molar-refractivity contribution in [1.82, 2.24) is 0 Å². The number of hydrogen-bond donors (Lipinski definition) is 1. The molecule has 1 unspecified atom stereocenters. The normalized spacial score (nSPS) is 16.5. The molecule has 0 saturated carbocycles. The van der Waals surface area contributed by atoms with Gasteiger partial charge in [0, 0.05) is 24.0 Å². The molecule has 1 aliphatic heterocycles. The second-order valence-electron chi connectivity index (χ2n) is 6.42. The first-order chi connectivity index (χ1) is 13.8. The molecule has 1 aliphatic rings. The lowest BCUT2D eigenvalue weighted by atomic mass is 10.1. The first kappa shape index (κ1) is 21.3. The van der Waals surface area contributed by atoms with Gasteiger partial charge in [0.15, 0.2) is 0 Å². The molecule has 2 aromatic carbocycles. The molecule has 0 aromatic heterocycles. The van der Waals surface area contributed by atoms with Gasteiger partial charge in [0.1, 0.15) is 17.2 Å². The van der Waals surface area contributed by atoms with E-state index in [-0.39, 0.29) is 17.5 Å². The molecule has 0 bridgehead atoms. The summed E-state index contributed by atoms with van der Waals surface area (Å²) in [5.74, 6) is -0.0524. The van der Waals surface area contributed by atoms with Gasteiger partial charge in [0.05, 0.1) is 5.02 Å². The van der Waals surface area contributed by atoms with E-state index in [4.69, 9.17) is 22.1 Å². The van der Waals surface area contributed by atoms with Crippen LogP contribution >= 0.6 is 11.6 Å². The van der Waals surface area contributed by atoms with E-state index in [2.05, 4.69) is 15.7 Å². The first-order valence-electron chi connectivity index (χ1n) is 8.87. The van der Waals surface area contributed by atoms with Crippen LogP contribution in [0.3, 0.4) is 0 Å². The van der Waals surface area contributed by atoms with Gasteiger partial charge < -0.3 is 20.1 Å². The lowest BCUT2D eigenvalue weighted by Crippen LogP contribution is -2.33. The van der Waals surface area contributed by atoms with Gasteiger partial charge in [0.2, 0.25) is 0 Å². The van der Waals surface area contributed by atoms with Gasteiger partial charge in [-0.2, -0.15) is 17.6 Å². The van der Waals surface area contributed by atoms with E-state index in [9.17, 15) is 17.6 Å². The van der Waals surface area contributed by atoms with Crippen molar-refractivity contribution in [3.05, 3.63) is 59.8 Å². The molecule has 156 valence electrons. The van der Waals surface area contributed by atoms with E-state index >= 15 is 0 Å². The van der Waals surface area contributed by atoms with Gasteiger partial charge in [-0.1, -0.05) is 23.7 Å². The third-order valence-electron chi connectivity index (χ3n) is 4.32. The summed E-state index contributed by atoms with van der Waals surface area (Å²) in [6.45, 7) is 0.570. The number of alkyl halides is 4.